The molecule has 6 heteroatoms. The summed E-state index contributed by atoms with van der Waals surface area (Å²) in [6, 6.07) is 6.54. The molecule has 4 nitrogen and oxygen atoms in total. The maximum atomic E-state index is 13.4. The van der Waals surface area contributed by atoms with Gasteiger partial charge in [0.05, 0.1) is 0 Å². The van der Waals surface area contributed by atoms with Gasteiger partial charge >= 0.3 is 0 Å². The van der Waals surface area contributed by atoms with Crippen molar-refractivity contribution in [3.05, 3.63) is 40.7 Å². The molecule has 18 heavy (non-hydrogen) atoms. The zero-order valence-corrected chi connectivity index (χ0v) is 10.6. The van der Waals surface area contributed by atoms with E-state index in [1.54, 1.807) is 25.1 Å². The van der Waals surface area contributed by atoms with Crippen LogP contribution in [0.2, 0.25) is 0 Å². The molecule has 1 aromatic heterocycles. The van der Waals surface area contributed by atoms with Gasteiger partial charge in [0.1, 0.15) is 10.8 Å². The summed E-state index contributed by atoms with van der Waals surface area (Å²) in [6.07, 6.45) is 0.772. The zero-order chi connectivity index (χ0) is 13.0. The van der Waals surface area contributed by atoms with Crippen molar-refractivity contribution in [2.24, 2.45) is 0 Å². The Hall–Kier alpha value is -1.82. The lowest BCUT2D eigenvalue weighted by Crippen LogP contribution is -2.08. The predicted octanol–water partition coefficient (Wildman–Crippen LogP) is 2.62. The van der Waals surface area contributed by atoms with Crippen LogP contribution in [0.1, 0.15) is 23.9 Å². The van der Waals surface area contributed by atoms with E-state index in [9.17, 15) is 9.18 Å². The highest BCUT2D eigenvalue weighted by atomic mass is 32.1. The highest BCUT2D eigenvalue weighted by Crippen LogP contribution is 2.19. The van der Waals surface area contributed by atoms with Crippen molar-refractivity contribution in [2.75, 3.05) is 5.32 Å². The molecule has 2 rings (SSSR count). The van der Waals surface area contributed by atoms with E-state index in [-0.39, 0.29) is 11.7 Å². The number of halogens is 1. The third kappa shape index (κ3) is 3.10. The molecule has 1 heterocycles. The van der Waals surface area contributed by atoms with Gasteiger partial charge < -0.3 is 5.32 Å². The maximum Gasteiger partial charge on any atom is 0.225 e. The Morgan fingerprint density at radius 1 is 1.39 bits per heavy atom. The first-order valence-electron chi connectivity index (χ1n) is 5.54. The summed E-state index contributed by atoms with van der Waals surface area (Å²) >= 11 is 1.26. The average molecular weight is 265 g/mol. The summed E-state index contributed by atoms with van der Waals surface area (Å²) in [4.78, 5) is 11.2. The van der Waals surface area contributed by atoms with Crippen molar-refractivity contribution in [2.45, 2.75) is 19.8 Å². The first kappa shape index (κ1) is 12.6. The van der Waals surface area contributed by atoms with Crippen molar-refractivity contribution < 1.29 is 9.18 Å². The molecule has 1 aromatic carbocycles. The van der Waals surface area contributed by atoms with Gasteiger partial charge in [0.2, 0.25) is 11.0 Å². The van der Waals surface area contributed by atoms with E-state index in [1.807, 2.05) is 0 Å². The highest BCUT2D eigenvalue weighted by molar-refractivity contribution is 7.15. The smallest absolute Gasteiger partial charge is 0.225 e. The van der Waals surface area contributed by atoms with Crippen LogP contribution in [0.4, 0.5) is 9.52 Å². The fraction of sp³-hybridized carbons (Fsp3) is 0.250. The second-order valence-electron chi connectivity index (χ2n) is 3.67. The Labute approximate surface area is 108 Å². The summed E-state index contributed by atoms with van der Waals surface area (Å²) in [5, 5.41) is 11.5. The van der Waals surface area contributed by atoms with Crippen LogP contribution in [0.25, 0.3) is 0 Å². The molecule has 0 radical (unpaired) electrons. The number of nitrogens with one attached hydrogen (secondary N) is 1. The molecule has 0 aliphatic rings. The SMILES string of the molecule is CCC(=O)Nc1nnc(Cc2ccccc2F)s1. The zero-order valence-electron chi connectivity index (χ0n) is 9.81. The number of carbonyl (C=O) groups excluding carboxylic acids is 1. The van der Waals surface area contributed by atoms with Gasteiger partial charge in [0, 0.05) is 12.8 Å². The van der Waals surface area contributed by atoms with Gasteiger partial charge in [-0.05, 0) is 11.6 Å². The summed E-state index contributed by atoms with van der Waals surface area (Å²) in [5.41, 5.74) is 0.571. The number of benzene rings is 1. The average Bonchev–Trinajstić information content (AvgIpc) is 2.79. The molecule has 0 unspecified atom stereocenters. The number of nitrogens with zero attached hydrogens (tertiary/aromatic N) is 2. The van der Waals surface area contributed by atoms with Crippen LogP contribution in [0.15, 0.2) is 24.3 Å². The third-order valence-corrected chi connectivity index (χ3v) is 3.17. The quantitative estimate of drug-likeness (QED) is 0.924. The van der Waals surface area contributed by atoms with Crippen molar-refractivity contribution in [1.29, 1.82) is 0 Å². The van der Waals surface area contributed by atoms with Gasteiger partial charge in [-0.2, -0.15) is 0 Å². The Kier molecular flexibility index (Phi) is 3.99. The van der Waals surface area contributed by atoms with Crippen molar-refractivity contribution >= 4 is 22.4 Å². The van der Waals surface area contributed by atoms with Gasteiger partial charge in [0.25, 0.3) is 0 Å². The topological polar surface area (TPSA) is 54.9 Å². The maximum absolute atomic E-state index is 13.4. The molecule has 1 amide bonds. The number of anilines is 1. The van der Waals surface area contributed by atoms with Crippen LogP contribution < -0.4 is 5.32 Å². The van der Waals surface area contributed by atoms with Gasteiger partial charge in [0.15, 0.2) is 0 Å². The normalized spacial score (nSPS) is 10.3. The molecular formula is C12H12FN3OS. The Balaban J connectivity index is 2.07. The van der Waals surface area contributed by atoms with E-state index in [1.165, 1.54) is 17.4 Å². The minimum Gasteiger partial charge on any atom is -0.301 e. The minimum absolute atomic E-state index is 0.108. The molecular weight excluding hydrogens is 253 g/mol. The van der Waals surface area contributed by atoms with Gasteiger partial charge in [-0.15, -0.1) is 10.2 Å². The number of hydrogen-bond acceptors (Lipinski definition) is 4. The molecule has 1 N–H and O–H groups in total. The van der Waals surface area contributed by atoms with Crippen LogP contribution in [-0.4, -0.2) is 16.1 Å². The monoisotopic (exact) mass is 265 g/mol. The molecule has 0 aliphatic heterocycles. The van der Waals surface area contributed by atoms with Crippen LogP contribution in [0.5, 0.6) is 0 Å². The van der Waals surface area contributed by atoms with E-state index >= 15 is 0 Å². The molecule has 0 saturated carbocycles. The van der Waals surface area contributed by atoms with Crippen molar-refractivity contribution in [3.8, 4) is 0 Å². The minimum atomic E-state index is -0.258. The molecule has 0 bridgehead atoms. The molecule has 0 atom stereocenters. The number of hydrogen-bond donors (Lipinski definition) is 1. The van der Waals surface area contributed by atoms with E-state index in [0.29, 0.717) is 28.5 Å². The number of aromatic nitrogens is 2. The highest BCUT2D eigenvalue weighted by Gasteiger charge is 2.09. The van der Waals surface area contributed by atoms with Crippen molar-refractivity contribution in [3.63, 3.8) is 0 Å². The predicted molar refractivity (Wildman–Crippen MR) is 68.0 cm³/mol. The fourth-order valence-electron chi connectivity index (χ4n) is 1.39. The van der Waals surface area contributed by atoms with Crippen LogP contribution in [-0.2, 0) is 11.2 Å². The lowest BCUT2D eigenvalue weighted by Gasteiger charge is -1.98. The first-order chi connectivity index (χ1) is 8.69. The van der Waals surface area contributed by atoms with E-state index in [2.05, 4.69) is 15.5 Å². The van der Waals surface area contributed by atoms with Crippen LogP contribution in [0.3, 0.4) is 0 Å². The number of rotatable bonds is 4. The van der Waals surface area contributed by atoms with Gasteiger partial charge in [-0.1, -0.05) is 36.5 Å². The molecule has 0 saturated heterocycles. The lowest BCUT2D eigenvalue weighted by molar-refractivity contribution is -0.115. The molecule has 2 aromatic rings. The van der Waals surface area contributed by atoms with Gasteiger partial charge in [-0.25, -0.2) is 4.39 Å². The summed E-state index contributed by atoms with van der Waals surface area (Å²) < 4.78 is 13.4. The summed E-state index contributed by atoms with van der Waals surface area (Å²) in [6.45, 7) is 1.76. The second kappa shape index (κ2) is 5.68. The summed E-state index contributed by atoms with van der Waals surface area (Å²) in [5.74, 6) is -0.365. The van der Waals surface area contributed by atoms with E-state index in [0.717, 1.165) is 0 Å². The second-order valence-corrected chi connectivity index (χ2v) is 4.73. The van der Waals surface area contributed by atoms with Crippen LogP contribution >= 0.6 is 11.3 Å². The Morgan fingerprint density at radius 3 is 2.89 bits per heavy atom. The summed E-state index contributed by atoms with van der Waals surface area (Å²) in [7, 11) is 0. The standard InChI is InChI=1S/C12H12FN3OS/c1-2-10(17)14-12-16-15-11(18-12)7-8-5-3-4-6-9(8)13/h3-6H,2,7H2,1H3,(H,14,16,17). The Bertz CT molecular complexity index is 556. The number of amides is 1. The Morgan fingerprint density at radius 2 is 2.17 bits per heavy atom. The molecule has 0 aliphatic carbocycles. The number of carbonyl (C=O) groups is 1. The largest absolute Gasteiger partial charge is 0.301 e. The molecule has 0 fully saturated rings. The molecule has 94 valence electrons. The van der Waals surface area contributed by atoms with E-state index in [4.69, 9.17) is 0 Å². The first-order valence-corrected chi connectivity index (χ1v) is 6.36. The lowest BCUT2D eigenvalue weighted by atomic mass is 10.1. The fourth-order valence-corrected chi connectivity index (χ4v) is 2.17. The van der Waals surface area contributed by atoms with Crippen molar-refractivity contribution in [1.82, 2.24) is 10.2 Å². The van der Waals surface area contributed by atoms with Crippen LogP contribution in [0, 0.1) is 5.82 Å². The third-order valence-electron chi connectivity index (χ3n) is 2.33. The van der Waals surface area contributed by atoms with E-state index < -0.39 is 0 Å². The van der Waals surface area contributed by atoms with Gasteiger partial charge in [-0.3, -0.25) is 4.79 Å². The molecule has 0 spiro atoms.